The van der Waals surface area contributed by atoms with E-state index in [1.54, 1.807) is 12.1 Å². The van der Waals surface area contributed by atoms with Crippen LogP contribution in [0, 0.1) is 11.8 Å². The van der Waals surface area contributed by atoms with Gasteiger partial charge >= 0.3 is 0 Å². The molecule has 1 amide bonds. The quantitative estimate of drug-likeness (QED) is 0.619. The predicted molar refractivity (Wildman–Crippen MR) is 117 cm³/mol. The molecule has 4 heteroatoms. The Morgan fingerprint density at radius 1 is 1.14 bits per heavy atom. The molecule has 3 rings (SSSR count). The maximum absolute atomic E-state index is 11.2. The summed E-state index contributed by atoms with van der Waals surface area (Å²) in [5.41, 5.74) is 8.50. The Kier molecular flexibility index (Phi) is 7.68. The summed E-state index contributed by atoms with van der Waals surface area (Å²) in [6.45, 7) is 4.64. The van der Waals surface area contributed by atoms with E-state index < -0.39 is 5.91 Å². The van der Waals surface area contributed by atoms with Crippen LogP contribution < -0.4 is 10.5 Å². The number of carbonyl (C=O) groups excluding carboxylic acids is 1. The minimum absolute atomic E-state index is 0.384. The molecule has 2 aromatic rings. The molecule has 0 spiro atoms. The molecule has 29 heavy (non-hydrogen) atoms. The molecule has 1 aliphatic carbocycles. The highest BCUT2D eigenvalue weighted by molar-refractivity contribution is 5.92. The molecule has 1 unspecified atom stereocenters. The molecule has 4 nitrogen and oxygen atoms in total. The van der Waals surface area contributed by atoms with Crippen molar-refractivity contribution >= 4 is 5.91 Å². The standard InChI is InChI=1S/C25H34N2O2/c1-18(2)6-3-7-19-8-4-10-20-12-14-23(16-21(20)11-5-9-19)29-24-15-13-22(17-27-24)25(26)28/h12-19H,3-11H2,1-2H3,(H2,26,28). The highest BCUT2D eigenvalue weighted by atomic mass is 16.5. The fourth-order valence-corrected chi connectivity index (χ4v) is 4.26. The second kappa shape index (κ2) is 10.4. The van der Waals surface area contributed by atoms with E-state index >= 15 is 0 Å². The van der Waals surface area contributed by atoms with Crippen LogP contribution in [0.15, 0.2) is 36.5 Å². The maximum Gasteiger partial charge on any atom is 0.250 e. The first kappa shape index (κ1) is 21.4. The Bertz CT molecular complexity index is 799. The van der Waals surface area contributed by atoms with E-state index in [1.807, 2.05) is 6.07 Å². The zero-order valence-electron chi connectivity index (χ0n) is 17.8. The summed E-state index contributed by atoms with van der Waals surface area (Å²) in [6.07, 6.45) is 13.0. The maximum atomic E-state index is 11.2. The van der Waals surface area contributed by atoms with E-state index in [4.69, 9.17) is 10.5 Å². The van der Waals surface area contributed by atoms with E-state index in [0.717, 1.165) is 30.4 Å². The van der Waals surface area contributed by atoms with Gasteiger partial charge in [0.05, 0.1) is 5.56 Å². The van der Waals surface area contributed by atoms with Crippen LogP contribution in [-0.4, -0.2) is 10.9 Å². The van der Waals surface area contributed by atoms with Crippen molar-refractivity contribution in [2.45, 2.75) is 71.6 Å². The third-order valence-corrected chi connectivity index (χ3v) is 5.93. The molecule has 1 aromatic heterocycles. The third-order valence-electron chi connectivity index (χ3n) is 5.93. The molecule has 0 saturated heterocycles. The molecule has 0 saturated carbocycles. The number of rotatable bonds is 7. The predicted octanol–water partition coefficient (Wildman–Crippen LogP) is 6.07. The number of nitrogens with two attached hydrogens (primary N) is 1. The number of fused-ring (bicyclic) bond motifs is 1. The highest BCUT2D eigenvalue weighted by Gasteiger charge is 2.14. The molecule has 1 aromatic carbocycles. The largest absolute Gasteiger partial charge is 0.439 e. The number of pyridine rings is 1. The van der Waals surface area contributed by atoms with Gasteiger partial charge in [-0.05, 0) is 66.8 Å². The lowest BCUT2D eigenvalue weighted by Gasteiger charge is -2.16. The van der Waals surface area contributed by atoms with Crippen LogP contribution in [0.1, 0.15) is 80.3 Å². The van der Waals surface area contributed by atoms with Crippen LogP contribution in [0.2, 0.25) is 0 Å². The minimum Gasteiger partial charge on any atom is -0.439 e. The van der Waals surface area contributed by atoms with Crippen LogP contribution in [0.5, 0.6) is 11.6 Å². The Balaban J connectivity index is 1.60. The number of amides is 1. The molecule has 0 radical (unpaired) electrons. The van der Waals surface area contributed by atoms with Gasteiger partial charge < -0.3 is 10.5 Å². The number of aryl methyl sites for hydroxylation is 2. The van der Waals surface area contributed by atoms with Crippen LogP contribution in [0.3, 0.4) is 0 Å². The number of ether oxygens (including phenoxy) is 1. The van der Waals surface area contributed by atoms with E-state index in [2.05, 4.69) is 31.0 Å². The Morgan fingerprint density at radius 3 is 2.55 bits per heavy atom. The molecule has 0 aliphatic heterocycles. The highest BCUT2D eigenvalue weighted by Crippen LogP contribution is 2.30. The van der Waals surface area contributed by atoms with Gasteiger partial charge in [-0.15, -0.1) is 0 Å². The first-order valence-electron chi connectivity index (χ1n) is 11.1. The summed E-state index contributed by atoms with van der Waals surface area (Å²) in [4.78, 5) is 15.4. The van der Waals surface area contributed by atoms with Crippen molar-refractivity contribution in [2.75, 3.05) is 0 Å². The van der Waals surface area contributed by atoms with Gasteiger partial charge in [-0.3, -0.25) is 4.79 Å². The number of hydrogen-bond donors (Lipinski definition) is 1. The van der Waals surface area contributed by atoms with Gasteiger partial charge in [0.1, 0.15) is 5.75 Å². The number of benzene rings is 1. The van der Waals surface area contributed by atoms with Crippen LogP contribution >= 0.6 is 0 Å². The molecule has 0 bridgehead atoms. The number of primary amides is 1. The molecular weight excluding hydrogens is 360 g/mol. The van der Waals surface area contributed by atoms with Crippen molar-refractivity contribution in [3.8, 4) is 11.6 Å². The SMILES string of the molecule is CC(C)CCCC1CCCc2ccc(Oc3ccc(C(N)=O)cn3)cc2CCC1. The molecule has 1 heterocycles. The molecule has 1 atom stereocenters. The van der Waals surface area contributed by atoms with Gasteiger partial charge in [-0.25, -0.2) is 4.98 Å². The Morgan fingerprint density at radius 2 is 1.90 bits per heavy atom. The second-order valence-electron chi connectivity index (χ2n) is 8.76. The molecule has 0 fully saturated rings. The normalized spacial score (nSPS) is 17.1. The Hall–Kier alpha value is -2.36. The van der Waals surface area contributed by atoms with Crippen molar-refractivity contribution in [3.63, 3.8) is 0 Å². The summed E-state index contributed by atoms with van der Waals surface area (Å²) in [7, 11) is 0. The van der Waals surface area contributed by atoms with Gasteiger partial charge in [0, 0.05) is 12.3 Å². The average Bonchev–Trinajstić information content (AvgIpc) is 2.78. The summed E-state index contributed by atoms with van der Waals surface area (Å²) >= 11 is 0. The molecule has 2 N–H and O–H groups in total. The van der Waals surface area contributed by atoms with Crippen LogP contribution in [-0.2, 0) is 12.8 Å². The Labute approximate surface area is 174 Å². The smallest absolute Gasteiger partial charge is 0.250 e. The lowest BCUT2D eigenvalue weighted by molar-refractivity contribution is 0.1000. The monoisotopic (exact) mass is 394 g/mol. The lowest BCUT2D eigenvalue weighted by Crippen LogP contribution is -2.10. The van der Waals surface area contributed by atoms with Crippen molar-refractivity contribution in [1.29, 1.82) is 0 Å². The number of carbonyl (C=O) groups is 1. The molecule has 1 aliphatic rings. The number of aromatic nitrogens is 1. The van der Waals surface area contributed by atoms with Gasteiger partial charge in [0.2, 0.25) is 11.8 Å². The fourth-order valence-electron chi connectivity index (χ4n) is 4.26. The van der Waals surface area contributed by atoms with E-state index in [9.17, 15) is 4.79 Å². The zero-order valence-corrected chi connectivity index (χ0v) is 17.8. The first-order chi connectivity index (χ1) is 14.0. The van der Waals surface area contributed by atoms with Gasteiger partial charge in [-0.1, -0.05) is 52.0 Å². The van der Waals surface area contributed by atoms with Crippen LogP contribution in [0.4, 0.5) is 0 Å². The topological polar surface area (TPSA) is 65.2 Å². The second-order valence-corrected chi connectivity index (χ2v) is 8.76. The number of nitrogens with zero attached hydrogens (tertiary/aromatic N) is 1. The van der Waals surface area contributed by atoms with Crippen molar-refractivity contribution in [3.05, 3.63) is 53.2 Å². The lowest BCUT2D eigenvalue weighted by atomic mass is 9.90. The first-order valence-corrected chi connectivity index (χ1v) is 11.1. The van der Waals surface area contributed by atoms with E-state index in [0.29, 0.717) is 11.4 Å². The molecular formula is C25H34N2O2. The summed E-state index contributed by atoms with van der Waals surface area (Å²) in [6, 6.07) is 9.73. The van der Waals surface area contributed by atoms with Gasteiger partial charge in [-0.2, -0.15) is 0 Å². The minimum atomic E-state index is -0.483. The van der Waals surface area contributed by atoms with E-state index in [1.165, 1.54) is 62.3 Å². The molecule has 156 valence electrons. The summed E-state index contributed by atoms with van der Waals surface area (Å²) in [5, 5.41) is 0. The van der Waals surface area contributed by atoms with Crippen molar-refractivity contribution in [2.24, 2.45) is 17.6 Å². The summed E-state index contributed by atoms with van der Waals surface area (Å²) < 4.78 is 5.92. The van der Waals surface area contributed by atoms with Crippen molar-refractivity contribution < 1.29 is 9.53 Å². The van der Waals surface area contributed by atoms with Gasteiger partial charge in [0.25, 0.3) is 0 Å². The fraction of sp³-hybridized carbons (Fsp3) is 0.520. The average molecular weight is 395 g/mol. The zero-order chi connectivity index (χ0) is 20.6. The van der Waals surface area contributed by atoms with Crippen LogP contribution in [0.25, 0.3) is 0 Å². The van der Waals surface area contributed by atoms with E-state index in [-0.39, 0.29) is 0 Å². The number of hydrogen-bond acceptors (Lipinski definition) is 3. The van der Waals surface area contributed by atoms with Crippen molar-refractivity contribution in [1.82, 2.24) is 4.98 Å². The summed E-state index contributed by atoms with van der Waals surface area (Å²) in [5.74, 6) is 2.49. The third kappa shape index (κ3) is 6.59. The van der Waals surface area contributed by atoms with Gasteiger partial charge in [0.15, 0.2) is 0 Å².